The van der Waals surface area contributed by atoms with Crippen molar-refractivity contribution in [2.75, 3.05) is 16.6 Å². The molecule has 2 atom stereocenters. The molecule has 0 bridgehead atoms. The second kappa shape index (κ2) is 7.37. The van der Waals surface area contributed by atoms with Crippen LogP contribution in [0.2, 0.25) is 0 Å². The summed E-state index contributed by atoms with van der Waals surface area (Å²) in [7, 11) is -3.51. The van der Waals surface area contributed by atoms with E-state index in [1.54, 1.807) is 31.2 Å². The van der Waals surface area contributed by atoms with Gasteiger partial charge in [-0.05, 0) is 31.5 Å². The largest absolute Gasteiger partial charge is 0.476 e. The third kappa shape index (κ3) is 3.67. The molecule has 2 aromatic rings. The van der Waals surface area contributed by atoms with Crippen LogP contribution in [0.5, 0.6) is 5.75 Å². The summed E-state index contributed by atoms with van der Waals surface area (Å²) in [6, 6.07) is 16.2. The second-order valence-corrected chi connectivity index (χ2v) is 8.33. The molecule has 0 spiro atoms. The van der Waals surface area contributed by atoms with Gasteiger partial charge < -0.3 is 10.1 Å². The second-order valence-electron chi connectivity index (χ2n) is 6.15. The highest BCUT2D eigenvalue weighted by Gasteiger charge is 2.36. The number of nitrogens with one attached hydrogen (secondary N) is 1. The number of ether oxygens (including phenoxy) is 1. The van der Waals surface area contributed by atoms with Crippen LogP contribution in [0.15, 0.2) is 54.6 Å². The number of para-hydroxylation sites is 2. The Balaban J connectivity index is 1.82. The zero-order valence-electron chi connectivity index (χ0n) is 14.8. The van der Waals surface area contributed by atoms with Crippen LogP contribution < -0.4 is 14.4 Å². The number of amides is 1. The lowest BCUT2D eigenvalue weighted by Crippen LogP contribution is -2.51. The molecule has 26 heavy (non-hydrogen) atoms. The molecule has 1 aliphatic rings. The zero-order chi connectivity index (χ0) is 18.7. The van der Waals surface area contributed by atoms with Crippen LogP contribution in [0.3, 0.4) is 0 Å². The van der Waals surface area contributed by atoms with Crippen LogP contribution in [0.4, 0.5) is 5.69 Å². The molecule has 0 fully saturated rings. The van der Waals surface area contributed by atoms with Crippen molar-refractivity contribution >= 4 is 21.6 Å². The van der Waals surface area contributed by atoms with Gasteiger partial charge in [0.15, 0.2) is 6.10 Å². The van der Waals surface area contributed by atoms with Crippen LogP contribution >= 0.6 is 0 Å². The van der Waals surface area contributed by atoms with Crippen molar-refractivity contribution in [3.63, 3.8) is 0 Å². The molecule has 0 unspecified atom stereocenters. The summed E-state index contributed by atoms with van der Waals surface area (Å²) in [4.78, 5) is 12.7. The van der Waals surface area contributed by atoms with E-state index < -0.39 is 16.1 Å². The molecular formula is C19H22N2O4S. The average molecular weight is 374 g/mol. The van der Waals surface area contributed by atoms with Crippen molar-refractivity contribution < 1.29 is 17.9 Å². The first kappa shape index (κ1) is 18.3. The zero-order valence-corrected chi connectivity index (χ0v) is 15.6. The number of hydrogen-bond acceptors (Lipinski definition) is 4. The Morgan fingerprint density at radius 3 is 2.54 bits per heavy atom. The van der Waals surface area contributed by atoms with Gasteiger partial charge in [0.2, 0.25) is 10.0 Å². The molecule has 1 amide bonds. The van der Waals surface area contributed by atoms with Gasteiger partial charge in [0.05, 0.1) is 24.0 Å². The van der Waals surface area contributed by atoms with Crippen molar-refractivity contribution in [3.8, 4) is 5.75 Å². The van der Waals surface area contributed by atoms with Crippen LogP contribution in [0.25, 0.3) is 0 Å². The van der Waals surface area contributed by atoms with Gasteiger partial charge in [0.25, 0.3) is 5.91 Å². The molecule has 2 aromatic carbocycles. The third-order valence-corrected chi connectivity index (χ3v) is 6.13. The average Bonchev–Trinajstić information content (AvgIpc) is 2.67. The maximum Gasteiger partial charge on any atom is 0.263 e. The third-order valence-electron chi connectivity index (χ3n) is 4.39. The topological polar surface area (TPSA) is 75.7 Å². The molecule has 1 heterocycles. The van der Waals surface area contributed by atoms with Crippen LogP contribution in [0, 0.1) is 0 Å². The summed E-state index contributed by atoms with van der Waals surface area (Å²) in [5.41, 5.74) is 1.43. The number of carbonyl (C=O) groups excluding carboxylic acids is 1. The maximum atomic E-state index is 12.7. The number of hydrogen-bond donors (Lipinski definition) is 1. The highest BCUT2D eigenvalue weighted by atomic mass is 32.2. The predicted molar refractivity (Wildman–Crippen MR) is 101 cm³/mol. The van der Waals surface area contributed by atoms with Crippen LogP contribution in [0.1, 0.15) is 25.5 Å². The molecular weight excluding hydrogens is 352 g/mol. The quantitative estimate of drug-likeness (QED) is 0.872. The number of nitrogens with zero attached hydrogens (tertiary/aromatic N) is 1. The summed E-state index contributed by atoms with van der Waals surface area (Å²) >= 11 is 0. The van der Waals surface area contributed by atoms with Gasteiger partial charge in [-0.3, -0.25) is 9.10 Å². The van der Waals surface area contributed by atoms with Gasteiger partial charge in [-0.2, -0.15) is 0 Å². The number of rotatable bonds is 5. The van der Waals surface area contributed by atoms with Crippen LogP contribution in [-0.2, 0) is 14.8 Å². The van der Waals surface area contributed by atoms with Gasteiger partial charge in [0, 0.05) is 0 Å². The first-order valence-corrected chi connectivity index (χ1v) is 10.1. The Labute approximate surface area is 153 Å². The highest BCUT2D eigenvalue weighted by Crippen LogP contribution is 2.35. The molecule has 1 N–H and O–H groups in total. The number of fused-ring (bicyclic) bond motifs is 1. The van der Waals surface area contributed by atoms with Gasteiger partial charge in [-0.25, -0.2) is 8.42 Å². The monoisotopic (exact) mass is 374 g/mol. The summed E-state index contributed by atoms with van der Waals surface area (Å²) in [6.45, 7) is 3.42. The predicted octanol–water partition coefficient (Wildman–Crippen LogP) is 2.48. The molecule has 6 nitrogen and oxygen atoms in total. The van der Waals surface area contributed by atoms with E-state index in [9.17, 15) is 13.2 Å². The normalized spacial score (nSPS) is 17.8. The van der Waals surface area contributed by atoms with E-state index in [4.69, 9.17) is 4.74 Å². The van der Waals surface area contributed by atoms with E-state index in [1.807, 2.05) is 37.3 Å². The Kier molecular flexibility index (Phi) is 5.18. The van der Waals surface area contributed by atoms with Gasteiger partial charge in [0.1, 0.15) is 5.75 Å². The number of benzene rings is 2. The van der Waals surface area contributed by atoms with E-state index in [1.165, 1.54) is 4.31 Å². The molecule has 3 rings (SSSR count). The smallest absolute Gasteiger partial charge is 0.263 e. The van der Waals surface area contributed by atoms with Crippen LogP contribution in [-0.4, -0.2) is 32.7 Å². The SMILES string of the molecule is CCS(=O)(=O)N1C[C@H](C(=O)N[C@H](C)c2ccccc2)Oc2ccccc21. The number of anilines is 1. The first-order chi connectivity index (χ1) is 12.4. The minimum Gasteiger partial charge on any atom is -0.476 e. The lowest BCUT2D eigenvalue weighted by Gasteiger charge is -2.35. The summed E-state index contributed by atoms with van der Waals surface area (Å²) in [5, 5.41) is 2.90. The summed E-state index contributed by atoms with van der Waals surface area (Å²) in [6.07, 6.45) is -0.905. The lowest BCUT2D eigenvalue weighted by molar-refractivity contribution is -0.128. The number of sulfonamides is 1. The Hall–Kier alpha value is -2.54. The number of carbonyl (C=O) groups is 1. The van der Waals surface area contributed by atoms with E-state index in [0.717, 1.165) is 5.56 Å². The van der Waals surface area contributed by atoms with Crippen molar-refractivity contribution in [2.45, 2.75) is 26.0 Å². The molecule has 138 valence electrons. The summed E-state index contributed by atoms with van der Waals surface area (Å²) < 4.78 is 32.0. The molecule has 0 saturated heterocycles. The Bertz CT molecular complexity index is 883. The lowest BCUT2D eigenvalue weighted by atomic mass is 10.1. The van der Waals surface area contributed by atoms with E-state index in [0.29, 0.717) is 11.4 Å². The Morgan fingerprint density at radius 2 is 1.85 bits per heavy atom. The fraction of sp³-hybridized carbons (Fsp3) is 0.316. The van der Waals surface area contributed by atoms with Gasteiger partial charge >= 0.3 is 0 Å². The molecule has 0 radical (unpaired) electrons. The Morgan fingerprint density at radius 1 is 1.19 bits per heavy atom. The van der Waals surface area contributed by atoms with Crippen molar-refractivity contribution in [1.29, 1.82) is 0 Å². The fourth-order valence-corrected chi connectivity index (χ4v) is 4.01. The molecule has 0 saturated carbocycles. The highest BCUT2D eigenvalue weighted by molar-refractivity contribution is 7.92. The van der Waals surface area contributed by atoms with Gasteiger partial charge in [-0.1, -0.05) is 42.5 Å². The maximum absolute atomic E-state index is 12.7. The standard InChI is InChI=1S/C19H22N2O4S/c1-3-26(23,24)21-13-18(25-17-12-8-7-11-16(17)21)19(22)20-14(2)15-9-5-4-6-10-15/h4-12,14,18H,3,13H2,1-2H3,(H,20,22)/t14-,18-/m1/s1. The molecule has 0 aromatic heterocycles. The molecule has 0 aliphatic carbocycles. The molecule has 1 aliphatic heterocycles. The minimum absolute atomic E-state index is 0.0411. The van der Waals surface area contributed by atoms with Gasteiger partial charge in [-0.15, -0.1) is 0 Å². The van der Waals surface area contributed by atoms with Crippen molar-refractivity contribution in [1.82, 2.24) is 5.32 Å². The first-order valence-electron chi connectivity index (χ1n) is 8.54. The van der Waals surface area contributed by atoms with Crippen molar-refractivity contribution in [3.05, 3.63) is 60.2 Å². The van der Waals surface area contributed by atoms with E-state index in [-0.39, 0.29) is 24.2 Å². The minimum atomic E-state index is -3.51. The molecule has 7 heteroatoms. The fourth-order valence-electron chi connectivity index (χ4n) is 2.89. The summed E-state index contributed by atoms with van der Waals surface area (Å²) in [5.74, 6) is 0.00580. The van der Waals surface area contributed by atoms with E-state index >= 15 is 0 Å². The van der Waals surface area contributed by atoms with Crippen molar-refractivity contribution in [2.24, 2.45) is 0 Å². The van der Waals surface area contributed by atoms with E-state index in [2.05, 4.69) is 5.32 Å².